The Hall–Kier alpha value is -2.08. The maximum atomic E-state index is 4.57. The van der Waals surface area contributed by atoms with Crippen molar-refractivity contribution in [3.05, 3.63) is 42.0 Å². The highest BCUT2D eigenvalue weighted by Crippen LogP contribution is 2.29. The minimum absolute atomic E-state index is 0.808. The standard InChI is InChI=1S/C14H15N5S/c1-9-6-10(2)17-12(7-9)20-14-13-16-4-5-19(13)8-11(15-3)18-14/h4-8,15H,1-3H3. The summed E-state index contributed by atoms with van der Waals surface area (Å²) in [5.74, 6) is 0.808. The number of aryl methyl sites for hydroxylation is 2. The normalized spacial score (nSPS) is 10.9. The second-order valence-corrected chi connectivity index (χ2v) is 5.57. The Labute approximate surface area is 121 Å². The van der Waals surface area contributed by atoms with Gasteiger partial charge in [-0.05, 0) is 43.3 Å². The minimum atomic E-state index is 0.808. The van der Waals surface area contributed by atoms with Crippen LogP contribution in [0.15, 0.2) is 40.8 Å². The zero-order valence-electron chi connectivity index (χ0n) is 11.6. The molecule has 5 nitrogen and oxygen atoms in total. The minimum Gasteiger partial charge on any atom is -0.372 e. The first-order chi connectivity index (χ1) is 9.65. The van der Waals surface area contributed by atoms with Gasteiger partial charge in [0.15, 0.2) is 5.65 Å². The molecule has 0 aliphatic rings. The van der Waals surface area contributed by atoms with Gasteiger partial charge in [0.1, 0.15) is 15.9 Å². The number of fused-ring (bicyclic) bond motifs is 1. The van der Waals surface area contributed by atoms with Gasteiger partial charge in [0.2, 0.25) is 0 Å². The Bertz CT molecular complexity index is 745. The highest BCUT2D eigenvalue weighted by Gasteiger charge is 2.10. The van der Waals surface area contributed by atoms with Gasteiger partial charge in [-0.25, -0.2) is 15.0 Å². The summed E-state index contributed by atoms with van der Waals surface area (Å²) in [6, 6.07) is 4.12. The van der Waals surface area contributed by atoms with E-state index in [2.05, 4.69) is 39.3 Å². The second kappa shape index (κ2) is 5.13. The summed E-state index contributed by atoms with van der Waals surface area (Å²) in [5.41, 5.74) is 3.05. The van der Waals surface area contributed by atoms with Crippen molar-refractivity contribution < 1.29 is 0 Å². The Kier molecular flexibility index (Phi) is 3.31. The first-order valence-electron chi connectivity index (χ1n) is 6.30. The van der Waals surface area contributed by atoms with Crippen molar-refractivity contribution in [3.63, 3.8) is 0 Å². The summed E-state index contributed by atoms with van der Waals surface area (Å²) in [6.45, 7) is 4.07. The summed E-state index contributed by atoms with van der Waals surface area (Å²) in [5, 5.41) is 4.85. The highest BCUT2D eigenvalue weighted by atomic mass is 32.2. The summed E-state index contributed by atoms with van der Waals surface area (Å²) in [4.78, 5) is 13.5. The molecule has 3 aromatic rings. The quantitative estimate of drug-likeness (QED) is 0.802. The maximum Gasteiger partial charge on any atom is 0.170 e. The zero-order valence-corrected chi connectivity index (χ0v) is 12.4. The van der Waals surface area contributed by atoms with Gasteiger partial charge in [-0.1, -0.05) is 0 Å². The molecule has 20 heavy (non-hydrogen) atoms. The number of aromatic nitrogens is 4. The van der Waals surface area contributed by atoms with E-state index in [4.69, 9.17) is 0 Å². The molecule has 3 aromatic heterocycles. The van der Waals surface area contributed by atoms with E-state index in [1.165, 1.54) is 17.3 Å². The molecule has 6 heteroatoms. The van der Waals surface area contributed by atoms with E-state index >= 15 is 0 Å². The lowest BCUT2D eigenvalue weighted by atomic mass is 10.3. The van der Waals surface area contributed by atoms with E-state index in [9.17, 15) is 0 Å². The number of hydrogen-bond acceptors (Lipinski definition) is 5. The van der Waals surface area contributed by atoms with Gasteiger partial charge in [0.05, 0.1) is 6.20 Å². The van der Waals surface area contributed by atoms with Gasteiger partial charge in [-0.3, -0.25) is 0 Å². The largest absolute Gasteiger partial charge is 0.372 e. The molecule has 3 rings (SSSR count). The predicted molar refractivity (Wildman–Crippen MR) is 80.4 cm³/mol. The molecule has 0 bridgehead atoms. The molecule has 0 atom stereocenters. The van der Waals surface area contributed by atoms with Crippen LogP contribution in [0.5, 0.6) is 0 Å². The summed E-state index contributed by atoms with van der Waals surface area (Å²) >= 11 is 1.53. The van der Waals surface area contributed by atoms with Crippen LogP contribution in [-0.4, -0.2) is 26.4 Å². The fourth-order valence-electron chi connectivity index (χ4n) is 2.05. The molecular weight excluding hydrogens is 270 g/mol. The van der Waals surface area contributed by atoms with E-state index in [0.29, 0.717) is 0 Å². The van der Waals surface area contributed by atoms with Crippen LogP contribution < -0.4 is 5.32 Å². The van der Waals surface area contributed by atoms with Crippen molar-refractivity contribution >= 4 is 23.2 Å². The summed E-state index contributed by atoms with van der Waals surface area (Å²) < 4.78 is 1.96. The third-order valence-electron chi connectivity index (χ3n) is 2.87. The van der Waals surface area contributed by atoms with Crippen LogP contribution in [0.25, 0.3) is 5.65 Å². The number of nitrogens with zero attached hydrogens (tertiary/aromatic N) is 4. The molecule has 0 spiro atoms. The van der Waals surface area contributed by atoms with Crippen LogP contribution in [0.2, 0.25) is 0 Å². The van der Waals surface area contributed by atoms with Gasteiger partial charge in [-0.2, -0.15) is 0 Å². The Morgan fingerprint density at radius 3 is 2.80 bits per heavy atom. The van der Waals surface area contributed by atoms with Crippen LogP contribution in [0, 0.1) is 13.8 Å². The molecular formula is C14H15N5S. The zero-order chi connectivity index (χ0) is 14.1. The maximum absolute atomic E-state index is 4.57. The smallest absolute Gasteiger partial charge is 0.170 e. The monoisotopic (exact) mass is 285 g/mol. The van der Waals surface area contributed by atoms with Gasteiger partial charge >= 0.3 is 0 Å². The molecule has 0 radical (unpaired) electrons. The van der Waals surface area contributed by atoms with Crippen LogP contribution >= 0.6 is 11.8 Å². The molecule has 0 fully saturated rings. The van der Waals surface area contributed by atoms with Crippen LogP contribution in [0.4, 0.5) is 5.82 Å². The lowest BCUT2D eigenvalue weighted by Crippen LogP contribution is -1.98. The molecule has 0 aromatic carbocycles. The number of rotatable bonds is 3. The fourth-order valence-corrected chi connectivity index (χ4v) is 3.07. The molecule has 1 N–H and O–H groups in total. The van der Waals surface area contributed by atoms with Gasteiger partial charge < -0.3 is 9.72 Å². The Balaban J connectivity index is 2.07. The topological polar surface area (TPSA) is 55.1 Å². The number of anilines is 1. The second-order valence-electron chi connectivity index (χ2n) is 4.57. The van der Waals surface area contributed by atoms with Gasteiger partial charge in [0.25, 0.3) is 0 Å². The summed E-state index contributed by atoms with van der Waals surface area (Å²) in [6.07, 6.45) is 5.60. The van der Waals surface area contributed by atoms with Crippen molar-refractivity contribution in [2.45, 2.75) is 23.9 Å². The Morgan fingerprint density at radius 2 is 2.05 bits per heavy atom. The SMILES string of the molecule is CNc1cn2ccnc2c(Sc2cc(C)cc(C)n2)n1. The molecule has 0 saturated heterocycles. The van der Waals surface area contributed by atoms with E-state index < -0.39 is 0 Å². The first kappa shape index (κ1) is 12.9. The van der Waals surface area contributed by atoms with Crippen LogP contribution in [0.1, 0.15) is 11.3 Å². The van der Waals surface area contributed by atoms with Gasteiger partial charge in [0, 0.05) is 25.1 Å². The average molecular weight is 285 g/mol. The van der Waals surface area contributed by atoms with Crippen molar-refractivity contribution in [1.29, 1.82) is 0 Å². The lowest BCUT2D eigenvalue weighted by Gasteiger charge is -2.07. The molecule has 0 saturated carbocycles. The first-order valence-corrected chi connectivity index (χ1v) is 7.12. The van der Waals surface area contributed by atoms with Crippen molar-refractivity contribution in [2.24, 2.45) is 0 Å². The van der Waals surface area contributed by atoms with E-state index in [-0.39, 0.29) is 0 Å². The van der Waals surface area contributed by atoms with Crippen LogP contribution in [0.3, 0.4) is 0 Å². The third kappa shape index (κ3) is 2.46. The average Bonchev–Trinajstić information content (AvgIpc) is 2.85. The van der Waals surface area contributed by atoms with E-state index in [1.54, 1.807) is 6.20 Å². The third-order valence-corrected chi connectivity index (χ3v) is 3.76. The van der Waals surface area contributed by atoms with Crippen molar-refractivity contribution in [3.8, 4) is 0 Å². The Morgan fingerprint density at radius 1 is 1.20 bits per heavy atom. The van der Waals surface area contributed by atoms with Crippen molar-refractivity contribution in [1.82, 2.24) is 19.4 Å². The fraction of sp³-hybridized carbons (Fsp3) is 0.214. The molecule has 0 aliphatic heterocycles. The molecule has 102 valence electrons. The lowest BCUT2D eigenvalue weighted by molar-refractivity contribution is 1.01. The summed E-state index contributed by atoms with van der Waals surface area (Å²) in [7, 11) is 1.86. The molecule has 0 aliphatic carbocycles. The van der Waals surface area contributed by atoms with Gasteiger partial charge in [-0.15, -0.1) is 0 Å². The number of hydrogen-bond donors (Lipinski definition) is 1. The number of pyridine rings is 1. The molecule has 0 unspecified atom stereocenters. The van der Waals surface area contributed by atoms with E-state index in [0.717, 1.165) is 27.2 Å². The highest BCUT2D eigenvalue weighted by molar-refractivity contribution is 7.99. The van der Waals surface area contributed by atoms with E-state index in [1.807, 2.05) is 30.8 Å². The van der Waals surface area contributed by atoms with Crippen LogP contribution in [-0.2, 0) is 0 Å². The molecule has 0 amide bonds. The predicted octanol–water partition coefficient (Wildman–Crippen LogP) is 2.93. The van der Waals surface area contributed by atoms with Crippen molar-refractivity contribution in [2.75, 3.05) is 12.4 Å². The number of imidazole rings is 1. The number of nitrogens with one attached hydrogen (secondary N) is 1. The molecule has 3 heterocycles.